The van der Waals surface area contributed by atoms with E-state index in [4.69, 9.17) is 4.74 Å². The van der Waals surface area contributed by atoms with Gasteiger partial charge in [0.2, 0.25) is 0 Å². The molecule has 20 heavy (non-hydrogen) atoms. The summed E-state index contributed by atoms with van der Waals surface area (Å²) in [6.07, 6.45) is 0.146. The van der Waals surface area contributed by atoms with E-state index in [2.05, 4.69) is 39.4 Å². The summed E-state index contributed by atoms with van der Waals surface area (Å²) in [4.78, 5) is 15.3. The van der Waals surface area contributed by atoms with Crippen molar-refractivity contribution in [2.24, 2.45) is 0 Å². The maximum Gasteiger partial charge on any atom is 0.293 e. The Balaban J connectivity index is 1.89. The number of nitro groups is 1. The largest absolute Gasteiger partial charge is 0.373 e. The van der Waals surface area contributed by atoms with Crippen molar-refractivity contribution in [2.45, 2.75) is 12.1 Å². The molecule has 0 amide bonds. The summed E-state index contributed by atoms with van der Waals surface area (Å²) >= 11 is 2.10. The highest BCUT2D eigenvalue weighted by atomic mass is 127. The maximum atomic E-state index is 11.2. The summed E-state index contributed by atoms with van der Waals surface area (Å²) in [5, 5.41) is 11.2. The average molecular weight is 389 g/mol. The second-order valence-electron chi connectivity index (χ2n) is 5.25. The molecule has 1 aromatic rings. The van der Waals surface area contributed by atoms with Crippen LogP contribution in [0, 0.1) is 13.7 Å². The van der Waals surface area contributed by atoms with E-state index in [1.54, 1.807) is 6.07 Å². The lowest BCUT2D eigenvalue weighted by Gasteiger charge is -2.33. The van der Waals surface area contributed by atoms with Gasteiger partial charge in [0.1, 0.15) is 5.69 Å². The van der Waals surface area contributed by atoms with Crippen LogP contribution >= 0.6 is 22.6 Å². The summed E-state index contributed by atoms with van der Waals surface area (Å²) < 4.78 is 6.67. The summed E-state index contributed by atoms with van der Waals surface area (Å²) in [5.41, 5.74) is 0.875. The van der Waals surface area contributed by atoms with Crippen molar-refractivity contribution in [1.29, 1.82) is 0 Å². The summed E-state index contributed by atoms with van der Waals surface area (Å²) in [6, 6.07) is 5.71. The number of ether oxygens (including phenoxy) is 1. The minimum atomic E-state index is -0.302. The molecule has 7 heteroatoms. The molecule has 0 aromatic heterocycles. The average Bonchev–Trinajstić information content (AvgIpc) is 2.84. The molecule has 0 spiro atoms. The van der Waals surface area contributed by atoms with Crippen LogP contribution in [0.3, 0.4) is 0 Å². The van der Waals surface area contributed by atoms with E-state index in [0.29, 0.717) is 11.7 Å². The molecule has 2 unspecified atom stereocenters. The van der Waals surface area contributed by atoms with Crippen molar-refractivity contribution in [3.63, 3.8) is 0 Å². The summed E-state index contributed by atoms with van der Waals surface area (Å²) in [5.74, 6) is 0. The fourth-order valence-electron chi connectivity index (χ4n) is 2.96. The number of rotatable bonds is 2. The smallest absolute Gasteiger partial charge is 0.293 e. The van der Waals surface area contributed by atoms with E-state index < -0.39 is 0 Å². The van der Waals surface area contributed by atoms with Gasteiger partial charge in [-0.3, -0.25) is 15.0 Å². The van der Waals surface area contributed by atoms with Crippen LogP contribution in [0.2, 0.25) is 0 Å². The Bertz CT molecular complexity index is 540. The van der Waals surface area contributed by atoms with E-state index in [0.717, 1.165) is 29.8 Å². The number of fused-ring (bicyclic) bond motifs is 1. The van der Waals surface area contributed by atoms with Gasteiger partial charge >= 0.3 is 0 Å². The van der Waals surface area contributed by atoms with Crippen molar-refractivity contribution in [3.8, 4) is 0 Å². The zero-order valence-corrected chi connectivity index (χ0v) is 13.3. The standard InChI is InChI=1S/C13H16IN3O3/c1-15-4-5-20-13-8-16(7-12(13)15)10-3-2-9(14)6-11(10)17(18)19/h2-3,6,12-13H,4-5,7-8H2,1H3. The van der Waals surface area contributed by atoms with Crippen LogP contribution in [0.25, 0.3) is 0 Å². The van der Waals surface area contributed by atoms with Gasteiger partial charge in [0.05, 0.1) is 23.7 Å². The number of hydrogen-bond acceptors (Lipinski definition) is 5. The quantitative estimate of drug-likeness (QED) is 0.438. The second-order valence-corrected chi connectivity index (χ2v) is 6.50. The first-order valence-electron chi connectivity index (χ1n) is 6.57. The Morgan fingerprint density at radius 3 is 2.95 bits per heavy atom. The molecule has 0 radical (unpaired) electrons. The number of hydrogen-bond donors (Lipinski definition) is 0. The van der Waals surface area contributed by atoms with E-state index in [1.165, 1.54) is 0 Å². The van der Waals surface area contributed by atoms with E-state index in [9.17, 15) is 10.1 Å². The number of nitro benzene ring substituents is 1. The third-order valence-electron chi connectivity index (χ3n) is 4.05. The molecule has 0 aliphatic carbocycles. The fourth-order valence-corrected chi connectivity index (χ4v) is 3.44. The Morgan fingerprint density at radius 2 is 2.25 bits per heavy atom. The minimum absolute atomic E-state index is 0.146. The first-order valence-corrected chi connectivity index (χ1v) is 7.65. The number of morpholine rings is 1. The third-order valence-corrected chi connectivity index (χ3v) is 4.72. The first-order chi connectivity index (χ1) is 9.56. The van der Waals surface area contributed by atoms with Crippen LogP contribution in [0.5, 0.6) is 0 Å². The number of benzene rings is 1. The van der Waals surface area contributed by atoms with Crippen LogP contribution in [-0.2, 0) is 4.74 Å². The normalized spacial score (nSPS) is 26.6. The lowest BCUT2D eigenvalue weighted by Crippen LogP contribution is -2.48. The van der Waals surface area contributed by atoms with Gasteiger partial charge in [0.25, 0.3) is 5.69 Å². The van der Waals surface area contributed by atoms with E-state index in [-0.39, 0.29) is 16.7 Å². The highest BCUT2D eigenvalue weighted by Crippen LogP contribution is 2.34. The third kappa shape index (κ3) is 2.49. The van der Waals surface area contributed by atoms with Crippen molar-refractivity contribution < 1.29 is 9.66 Å². The summed E-state index contributed by atoms with van der Waals surface area (Å²) in [7, 11) is 2.09. The van der Waals surface area contributed by atoms with Gasteiger partial charge in [-0.25, -0.2) is 0 Å². The molecule has 2 fully saturated rings. The van der Waals surface area contributed by atoms with E-state index in [1.807, 2.05) is 12.1 Å². The highest BCUT2D eigenvalue weighted by Gasteiger charge is 2.40. The summed E-state index contributed by atoms with van der Waals surface area (Å²) in [6.45, 7) is 3.16. The molecule has 2 atom stereocenters. The lowest BCUT2D eigenvalue weighted by molar-refractivity contribution is -0.384. The van der Waals surface area contributed by atoms with Crippen LogP contribution < -0.4 is 4.90 Å². The molecule has 108 valence electrons. The Hall–Kier alpha value is -0.930. The van der Waals surface area contributed by atoms with Gasteiger partial charge in [0, 0.05) is 29.3 Å². The topological polar surface area (TPSA) is 58.8 Å². The fraction of sp³-hybridized carbons (Fsp3) is 0.538. The molecule has 2 aliphatic rings. The van der Waals surface area contributed by atoms with Gasteiger partial charge in [-0.05, 0) is 41.8 Å². The van der Waals surface area contributed by atoms with Crippen molar-refractivity contribution in [3.05, 3.63) is 31.9 Å². The van der Waals surface area contributed by atoms with E-state index >= 15 is 0 Å². The van der Waals surface area contributed by atoms with Crippen LogP contribution in [-0.4, -0.2) is 55.3 Å². The molecule has 1 aromatic carbocycles. The predicted octanol–water partition coefficient (Wildman–Crippen LogP) is 1.72. The van der Waals surface area contributed by atoms with Crippen LogP contribution in [0.4, 0.5) is 11.4 Å². The number of nitrogens with zero attached hydrogens (tertiary/aromatic N) is 3. The zero-order valence-electron chi connectivity index (χ0n) is 11.2. The molecule has 0 saturated carbocycles. The Morgan fingerprint density at radius 1 is 1.45 bits per heavy atom. The van der Waals surface area contributed by atoms with Gasteiger partial charge in [-0.15, -0.1) is 0 Å². The maximum absolute atomic E-state index is 11.2. The number of anilines is 1. The highest BCUT2D eigenvalue weighted by molar-refractivity contribution is 14.1. The van der Waals surface area contributed by atoms with Crippen molar-refractivity contribution in [1.82, 2.24) is 4.90 Å². The zero-order chi connectivity index (χ0) is 14.3. The van der Waals surface area contributed by atoms with Gasteiger partial charge in [0.15, 0.2) is 0 Å². The molecule has 2 aliphatic heterocycles. The molecular weight excluding hydrogens is 373 g/mol. The second kappa shape index (κ2) is 5.45. The molecule has 0 bridgehead atoms. The number of halogens is 1. The van der Waals surface area contributed by atoms with Crippen LogP contribution in [0.1, 0.15) is 0 Å². The predicted molar refractivity (Wildman–Crippen MR) is 84.2 cm³/mol. The van der Waals surface area contributed by atoms with Crippen molar-refractivity contribution >= 4 is 34.0 Å². The molecular formula is C13H16IN3O3. The van der Waals surface area contributed by atoms with Crippen molar-refractivity contribution in [2.75, 3.05) is 38.2 Å². The van der Waals surface area contributed by atoms with Crippen LogP contribution in [0.15, 0.2) is 18.2 Å². The Labute approximate surface area is 131 Å². The Kier molecular flexibility index (Phi) is 3.83. The van der Waals surface area contributed by atoms with Gasteiger partial charge < -0.3 is 9.64 Å². The molecule has 3 rings (SSSR count). The number of likely N-dealkylation sites (N-methyl/N-ethyl adjacent to an activating group) is 1. The molecule has 2 heterocycles. The van der Waals surface area contributed by atoms with Gasteiger partial charge in [-0.1, -0.05) is 0 Å². The lowest BCUT2D eigenvalue weighted by atomic mass is 10.1. The molecule has 6 nitrogen and oxygen atoms in total. The molecule has 0 N–H and O–H groups in total. The monoisotopic (exact) mass is 389 g/mol. The van der Waals surface area contributed by atoms with Gasteiger partial charge in [-0.2, -0.15) is 0 Å². The first kappa shape index (κ1) is 14.0. The SMILES string of the molecule is CN1CCOC2CN(c3ccc(I)cc3[N+](=O)[O-])CC21. The molecule has 2 saturated heterocycles. The minimum Gasteiger partial charge on any atom is -0.373 e.